The van der Waals surface area contributed by atoms with Gasteiger partial charge in [0, 0.05) is 13.1 Å². The van der Waals surface area contributed by atoms with E-state index in [-0.39, 0.29) is 6.03 Å². The Morgan fingerprint density at radius 3 is 2.24 bits per heavy atom. The predicted octanol–water partition coefficient (Wildman–Crippen LogP) is 1.75. The lowest BCUT2D eigenvalue weighted by molar-refractivity contribution is 0.123. The van der Waals surface area contributed by atoms with Gasteiger partial charge in [0.25, 0.3) is 8.80 Å². The van der Waals surface area contributed by atoms with Gasteiger partial charge in [-0.05, 0) is 26.9 Å². The molecule has 0 bridgehead atoms. The van der Waals surface area contributed by atoms with Gasteiger partial charge in [-0.2, -0.15) is 0 Å². The van der Waals surface area contributed by atoms with Gasteiger partial charge in [-0.15, -0.1) is 0 Å². The van der Waals surface area contributed by atoms with Crippen LogP contribution < -0.4 is 10.6 Å². The van der Waals surface area contributed by atoms with E-state index in [1.165, 1.54) is 0 Å². The average molecular weight is 312 g/mol. The van der Waals surface area contributed by atoms with Gasteiger partial charge >= 0.3 is 6.03 Å². The number of carbonyl (C=O) groups is 1. The highest BCUT2D eigenvalue weighted by atomic mass is 28.4. The van der Waals surface area contributed by atoms with Crippen molar-refractivity contribution in [2.75, 3.05) is 27.9 Å². The van der Waals surface area contributed by atoms with Crippen LogP contribution in [0.25, 0.3) is 0 Å². The van der Waals surface area contributed by atoms with E-state index in [0.29, 0.717) is 19.1 Å². The first-order chi connectivity index (χ1) is 10.2. The first kappa shape index (κ1) is 17.6. The van der Waals surface area contributed by atoms with Gasteiger partial charge in [0.2, 0.25) is 0 Å². The van der Waals surface area contributed by atoms with Crippen LogP contribution in [0.2, 0.25) is 6.04 Å². The summed E-state index contributed by atoms with van der Waals surface area (Å²) in [7, 11) is 2.22. The minimum atomic E-state index is -2.53. The van der Waals surface area contributed by atoms with Gasteiger partial charge in [-0.3, -0.25) is 0 Å². The molecule has 21 heavy (non-hydrogen) atoms. The maximum absolute atomic E-state index is 11.6. The molecule has 0 saturated carbocycles. The second-order valence-electron chi connectivity index (χ2n) is 4.49. The molecule has 0 aliphatic rings. The van der Waals surface area contributed by atoms with E-state index < -0.39 is 8.80 Å². The number of amides is 2. The van der Waals surface area contributed by atoms with Gasteiger partial charge in [-0.1, -0.05) is 42.8 Å². The SMILES string of the molecule is CO[Si-](CCCNC(=O)NCc1ccccc1)(OC)OC. The molecule has 119 valence electrons. The van der Waals surface area contributed by atoms with Crippen molar-refractivity contribution in [1.29, 1.82) is 0 Å². The van der Waals surface area contributed by atoms with Crippen LogP contribution in [0.1, 0.15) is 12.0 Å². The maximum Gasteiger partial charge on any atom is 0.315 e. The topological polar surface area (TPSA) is 68.8 Å². The van der Waals surface area contributed by atoms with Gasteiger partial charge in [0.1, 0.15) is 0 Å². The minimum Gasteiger partial charge on any atom is -0.527 e. The largest absolute Gasteiger partial charge is 0.527 e. The van der Waals surface area contributed by atoms with Gasteiger partial charge in [0.05, 0.1) is 0 Å². The van der Waals surface area contributed by atoms with Crippen molar-refractivity contribution in [1.82, 2.24) is 10.6 Å². The van der Waals surface area contributed by atoms with Gasteiger partial charge in [-0.25, -0.2) is 4.79 Å². The van der Waals surface area contributed by atoms with Crippen molar-refractivity contribution >= 4 is 14.8 Å². The fourth-order valence-corrected chi connectivity index (χ4v) is 3.63. The molecule has 0 radical (unpaired) electrons. The molecule has 0 aliphatic heterocycles. The second-order valence-corrected chi connectivity index (χ2v) is 7.58. The minimum absolute atomic E-state index is 0.182. The lowest BCUT2D eigenvalue weighted by atomic mass is 10.2. The molecule has 0 unspecified atom stereocenters. The quantitative estimate of drug-likeness (QED) is 0.538. The van der Waals surface area contributed by atoms with Crippen LogP contribution in [0.5, 0.6) is 0 Å². The van der Waals surface area contributed by atoms with E-state index in [0.717, 1.165) is 12.0 Å². The molecule has 0 aromatic heterocycles. The number of urea groups is 1. The Morgan fingerprint density at radius 2 is 1.67 bits per heavy atom. The van der Waals surface area contributed by atoms with Crippen molar-refractivity contribution < 1.29 is 18.1 Å². The normalized spacial score (nSPS) is 11.2. The monoisotopic (exact) mass is 312 g/mol. The molecule has 0 saturated heterocycles. The highest BCUT2D eigenvalue weighted by Crippen LogP contribution is 2.14. The molecule has 7 heteroatoms. The number of nitrogens with one attached hydrogen (secondary N) is 2. The molecule has 0 fully saturated rings. The summed E-state index contributed by atoms with van der Waals surface area (Å²) in [5, 5.41) is 5.61. The Morgan fingerprint density at radius 1 is 1.05 bits per heavy atom. The lowest BCUT2D eigenvalue weighted by Crippen LogP contribution is -2.43. The summed E-state index contributed by atoms with van der Waals surface area (Å²) in [5.74, 6) is 0. The summed E-state index contributed by atoms with van der Waals surface area (Å²) in [4.78, 5) is 11.6. The van der Waals surface area contributed by atoms with Crippen LogP contribution in [0, 0.1) is 0 Å². The van der Waals surface area contributed by atoms with Crippen LogP contribution in [0.15, 0.2) is 30.3 Å². The van der Waals surface area contributed by atoms with Crippen LogP contribution >= 0.6 is 0 Å². The Labute approximate surface area is 127 Å². The Balaban J connectivity index is 2.19. The van der Waals surface area contributed by atoms with Crippen LogP contribution in [-0.4, -0.2) is 42.7 Å². The van der Waals surface area contributed by atoms with Crippen molar-refractivity contribution in [3.8, 4) is 0 Å². The Kier molecular flexibility index (Phi) is 7.99. The van der Waals surface area contributed by atoms with Crippen molar-refractivity contribution in [3.05, 3.63) is 35.9 Å². The molecule has 1 rings (SSSR count). The van der Waals surface area contributed by atoms with Gasteiger partial charge < -0.3 is 23.9 Å². The molecule has 2 amide bonds. The molecule has 0 atom stereocenters. The van der Waals surface area contributed by atoms with Crippen LogP contribution in [0.4, 0.5) is 4.79 Å². The molecule has 0 aliphatic carbocycles. The third-order valence-electron chi connectivity index (χ3n) is 3.17. The van der Waals surface area contributed by atoms with Gasteiger partial charge in [0.15, 0.2) is 0 Å². The smallest absolute Gasteiger partial charge is 0.315 e. The second kappa shape index (κ2) is 9.51. The number of rotatable bonds is 9. The van der Waals surface area contributed by atoms with Crippen molar-refractivity contribution in [2.24, 2.45) is 0 Å². The summed E-state index contributed by atoms with van der Waals surface area (Å²) in [5.41, 5.74) is 1.07. The third kappa shape index (κ3) is 6.26. The van der Waals surface area contributed by atoms with E-state index in [9.17, 15) is 4.79 Å². The Bertz CT molecular complexity index is 404. The van der Waals surface area contributed by atoms with E-state index in [1.807, 2.05) is 30.3 Å². The molecule has 6 nitrogen and oxygen atoms in total. The summed E-state index contributed by atoms with van der Waals surface area (Å²) >= 11 is 0. The van der Waals surface area contributed by atoms with Crippen molar-refractivity contribution in [3.63, 3.8) is 0 Å². The number of benzene rings is 1. The van der Waals surface area contributed by atoms with Crippen LogP contribution in [0.3, 0.4) is 0 Å². The van der Waals surface area contributed by atoms with Crippen molar-refractivity contribution in [2.45, 2.75) is 19.0 Å². The zero-order chi connectivity index (χ0) is 15.6. The average Bonchev–Trinajstić information content (AvgIpc) is 2.55. The standard InChI is InChI=1S/C14H24N2O4Si/c1-18-21(19-2,20-3)11-7-10-15-14(17)16-12-13-8-5-4-6-9-13/h4-6,8-9H,7,10-12H2,1-3H3,(H2,15,16,17)/q-1. The summed E-state index contributed by atoms with van der Waals surface area (Å²) in [6.07, 6.45) is 0.737. The first-order valence-corrected chi connectivity index (χ1v) is 8.80. The highest BCUT2D eigenvalue weighted by molar-refractivity contribution is 6.60. The summed E-state index contributed by atoms with van der Waals surface area (Å²) in [6, 6.07) is 10.2. The zero-order valence-corrected chi connectivity index (χ0v) is 13.8. The summed E-state index contributed by atoms with van der Waals surface area (Å²) < 4.78 is 15.9. The predicted molar refractivity (Wildman–Crippen MR) is 82.9 cm³/mol. The fourth-order valence-electron chi connectivity index (χ4n) is 1.90. The fraction of sp³-hybridized carbons (Fsp3) is 0.500. The first-order valence-electron chi connectivity index (χ1n) is 6.87. The highest BCUT2D eigenvalue weighted by Gasteiger charge is 2.21. The van der Waals surface area contributed by atoms with E-state index in [2.05, 4.69) is 10.6 Å². The molecular formula is C14H24N2O4Si-. The third-order valence-corrected chi connectivity index (χ3v) is 6.01. The maximum atomic E-state index is 11.6. The zero-order valence-electron chi connectivity index (χ0n) is 12.8. The summed E-state index contributed by atoms with van der Waals surface area (Å²) in [6.45, 7) is 1.06. The number of carbonyl (C=O) groups excluding carboxylic acids is 1. The van der Waals surface area contributed by atoms with Crippen LogP contribution in [-0.2, 0) is 19.8 Å². The molecule has 1 aromatic carbocycles. The molecule has 1 aromatic rings. The lowest BCUT2D eigenvalue weighted by Gasteiger charge is -2.38. The van der Waals surface area contributed by atoms with E-state index >= 15 is 0 Å². The molecule has 2 N–H and O–H groups in total. The molecule has 0 heterocycles. The number of hydrogen-bond acceptors (Lipinski definition) is 4. The molecule has 0 spiro atoms. The van der Waals surface area contributed by atoms with E-state index in [1.54, 1.807) is 21.3 Å². The molecular weight excluding hydrogens is 288 g/mol. The Hall–Kier alpha value is -1.41. The number of hydrogen-bond donors (Lipinski definition) is 2. The van der Waals surface area contributed by atoms with E-state index in [4.69, 9.17) is 13.3 Å².